The van der Waals surface area contributed by atoms with Crippen molar-refractivity contribution < 1.29 is 20.8 Å². The second-order valence-corrected chi connectivity index (χ2v) is 12.0. The van der Waals surface area contributed by atoms with Crippen LogP contribution >= 0.6 is 33.4 Å². The molecule has 0 radical (unpaired) electrons. The molecule has 0 aliphatic carbocycles. The van der Waals surface area contributed by atoms with Gasteiger partial charge >= 0.3 is 37.9 Å². The number of hydrogen-bond acceptors (Lipinski definition) is 0. The topological polar surface area (TPSA) is 0 Å². The van der Waals surface area contributed by atoms with Crippen LogP contribution in [-0.2, 0) is 20.8 Å². The van der Waals surface area contributed by atoms with Gasteiger partial charge in [0.25, 0.3) is 0 Å². The Kier molecular flexibility index (Phi) is 11.3. The van der Waals surface area contributed by atoms with E-state index in [4.69, 9.17) is 17.0 Å². The molecule has 0 fully saturated rings. The molecule has 2 rings (SSSR count). The third-order valence-corrected chi connectivity index (χ3v) is 6.65. The number of rotatable bonds is 0. The molecule has 0 aliphatic heterocycles. The fourth-order valence-corrected chi connectivity index (χ4v) is 4.27. The van der Waals surface area contributed by atoms with E-state index in [9.17, 15) is 0 Å². The van der Waals surface area contributed by atoms with Gasteiger partial charge in [0.2, 0.25) is 0 Å². The van der Waals surface area contributed by atoms with Crippen molar-refractivity contribution in [3.63, 3.8) is 0 Å². The summed E-state index contributed by atoms with van der Waals surface area (Å²) >= 11 is -0.826. The third kappa shape index (κ3) is 6.98. The Bertz CT molecular complexity index is 476. The summed E-state index contributed by atoms with van der Waals surface area (Å²) in [5.74, 6) is 0. The second kappa shape index (κ2) is 10.7. The van der Waals surface area contributed by atoms with Crippen molar-refractivity contribution in [2.24, 2.45) is 0 Å². The van der Waals surface area contributed by atoms with Crippen molar-refractivity contribution in [3.8, 4) is 0 Å². The monoisotopic (exact) mass is 438 g/mol. The molecule has 0 atom stereocenters. The molecule has 2 aromatic heterocycles. The van der Waals surface area contributed by atoms with Crippen LogP contribution in [0.15, 0.2) is 0 Å². The summed E-state index contributed by atoms with van der Waals surface area (Å²) in [7, 11) is 12.7. The molecule has 0 amide bonds. The fourth-order valence-electron chi connectivity index (χ4n) is 1.92. The zero-order valence-corrected chi connectivity index (χ0v) is 19.9. The van der Waals surface area contributed by atoms with Gasteiger partial charge in [-0.1, -0.05) is 55.4 Å². The van der Waals surface area contributed by atoms with E-state index in [1.807, 2.05) is 0 Å². The van der Waals surface area contributed by atoms with Crippen molar-refractivity contribution in [2.45, 2.75) is 55.4 Å². The number of hydrogen-bond donors (Lipinski definition) is 0. The molecule has 0 nitrogen and oxygen atoms in total. The summed E-state index contributed by atoms with van der Waals surface area (Å²) in [6.07, 6.45) is 0. The van der Waals surface area contributed by atoms with Crippen molar-refractivity contribution in [1.82, 2.24) is 0 Å². The van der Waals surface area contributed by atoms with Gasteiger partial charge < -0.3 is 0 Å². The first-order chi connectivity index (χ1) is 9.67. The average molecular weight is 440 g/mol. The minimum atomic E-state index is -0.826. The van der Waals surface area contributed by atoms with E-state index in [-0.39, 0.29) is 0 Å². The predicted octanol–water partition coefficient (Wildman–Crippen LogP) is 7.82. The molecular formula is C16H24Cl2P2Zr. The van der Waals surface area contributed by atoms with Crippen LogP contribution in [-0.4, -0.2) is 0 Å². The van der Waals surface area contributed by atoms with E-state index < -0.39 is 20.8 Å². The zero-order valence-electron chi connectivity index (χ0n) is 14.2. The van der Waals surface area contributed by atoms with Crippen molar-refractivity contribution in [2.75, 3.05) is 0 Å². The van der Waals surface area contributed by atoms with Crippen molar-refractivity contribution in [3.05, 3.63) is 43.4 Å². The summed E-state index contributed by atoms with van der Waals surface area (Å²) in [4.78, 5) is 0. The summed E-state index contributed by atoms with van der Waals surface area (Å²) in [6.45, 7) is 17.6. The Morgan fingerprint density at radius 2 is 0.952 bits per heavy atom. The number of halogens is 2. The Morgan fingerprint density at radius 3 is 1.00 bits per heavy atom. The van der Waals surface area contributed by atoms with Crippen LogP contribution in [0.1, 0.15) is 43.4 Å². The van der Waals surface area contributed by atoms with E-state index in [0.717, 1.165) is 0 Å². The first-order valence-corrected chi connectivity index (χ1v) is 14.9. The van der Waals surface area contributed by atoms with Crippen LogP contribution in [0.2, 0.25) is 0 Å². The van der Waals surface area contributed by atoms with Gasteiger partial charge in [0, 0.05) is 0 Å². The van der Waals surface area contributed by atoms with Gasteiger partial charge in [-0.25, -0.2) is 16.4 Å². The van der Waals surface area contributed by atoms with Crippen LogP contribution < -0.4 is 0 Å². The SMILES string of the molecule is Cc1p[c-](C)c(C)c1C.Cc1p[c-](C)c(C)c1C.[Cl][Zr+2][Cl]. The first kappa shape index (κ1) is 22.0. The van der Waals surface area contributed by atoms with E-state index in [2.05, 4.69) is 55.4 Å². The average Bonchev–Trinajstić information content (AvgIpc) is 2.77. The fraction of sp³-hybridized carbons (Fsp3) is 0.500. The standard InChI is InChI=1S/2C8H12P.2ClH.Zr/c2*1-5-6(2)8(4)9-7(5)3;;;/h2*1-4H3;2*1H;/q2*-1;;;+4/p-2. The minimum absolute atomic E-state index is 0.826. The Labute approximate surface area is 152 Å². The maximum atomic E-state index is 4.93. The number of aryl methyl sites for hydroxylation is 4. The van der Waals surface area contributed by atoms with Gasteiger partial charge in [-0.2, -0.15) is 32.8 Å². The Balaban J connectivity index is 0.000000322. The molecule has 116 valence electrons. The van der Waals surface area contributed by atoms with Crippen LogP contribution in [0.3, 0.4) is 0 Å². The van der Waals surface area contributed by atoms with Gasteiger partial charge in [0.15, 0.2) is 0 Å². The van der Waals surface area contributed by atoms with Gasteiger partial charge in [0.05, 0.1) is 0 Å². The van der Waals surface area contributed by atoms with Crippen LogP contribution in [0.25, 0.3) is 0 Å². The molecule has 0 bridgehead atoms. The van der Waals surface area contributed by atoms with Gasteiger partial charge in [0.1, 0.15) is 0 Å². The van der Waals surface area contributed by atoms with E-state index in [1.54, 1.807) is 0 Å². The molecule has 0 aromatic carbocycles. The Morgan fingerprint density at radius 1 is 0.714 bits per heavy atom. The molecule has 5 heteroatoms. The molecule has 0 unspecified atom stereocenters. The summed E-state index contributed by atoms with van der Waals surface area (Å²) in [5.41, 5.74) is 5.98. The van der Waals surface area contributed by atoms with E-state index in [1.165, 1.54) is 59.8 Å². The predicted molar refractivity (Wildman–Crippen MR) is 98.7 cm³/mol. The van der Waals surface area contributed by atoms with Crippen molar-refractivity contribution in [1.29, 1.82) is 0 Å². The van der Waals surface area contributed by atoms with Gasteiger partial charge in [-0.15, -0.1) is 10.6 Å². The molecule has 0 saturated carbocycles. The molecule has 0 saturated heterocycles. The molecular weight excluding hydrogens is 416 g/mol. The van der Waals surface area contributed by atoms with E-state index >= 15 is 0 Å². The van der Waals surface area contributed by atoms with Crippen LogP contribution in [0.4, 0.5) is 0 Å². The zero-order chi connectivity index (χ0) is 16.7. The summed E-state index contributed by atoms with van der Waals surface area (Å²) in [5, 5.41) is 6.07. The normalized spacial score (nSPS) is 10.0. The van der Waals surface area contributed by atoms with Crippen LogP contribution in [0, 0.1) is 55.4 Å². The van der Waals surface area contributed by atoms with Crippen molar-refractivity contribution >= 4 is 33.4 Å². The third-order valence-electron chi connectivity index (χ3n) is 3.97. The maximum absolute atomic E-state index is 4.93. The first-order valence-electron chi connectivity index (χ1n) is 6.77. The van der Waals surface area contributed by atoms with E-state index in [0.29, 0.717) is 0 Å². The quantitative estimate of drug-likeness (QED) is 0.367. The molecule has 0 spiro atoms. The Hall–Kier alpha value is 1.02. The van der Waals surface area contributed by atoms with Crippen LogP contribution in [0.5, 0.6) is 0 Å². The summed E-state index contributed by atoms with van der Waals surface area (Å²) < 4.78 is 0. The molecule has 21 heavy (non-hydrogen) atoms. The molecule has 2 aromatic rings. The molecule has 0 N–H and O–H groups in total. The second-order valence-electron chi connectivity index (χ2n) is 5.14. The molecule has 0 aliphatic rings. The summed E-state index contributed by atoms with van der Waals surface area (Å²) in [6, 6.07) is 0. The van der Waals surface area contributed by atoms with Gasteiger partial charge in [-0.05, 0) is 0 Å². The molecule has 2 heterocycles. The van der Waals surface area contributed by atoms with Gasteiger partial charge in [-0.3, -0.25) is 0 Å².